The molecule has 1 N–H and O–H groups in total. The number of carbonyl (C=O) groups is 1. The molecule has 5 nitrogen and oxygen atoms in total. The smallest absolute Gasteiger partial charge is 0.250 e. The molecule has 18 heavy (non-hydrogen) atoms. The number of hydrogen-bond acceptors (Lipinski definition) is 5. The van der Waals surface area contributed by atoms with E-state index >= 15 is 0 Å². The molecule has 94 valence electrons. The van der Waals surface area contributed by atoms with Crippen LogP contribution in [0.2, 0.25) is 0 Å². The highest BCUT2D eigenvalue weighted by atomic mass is 32.2. The van der Waals surface area contributed by atoms with Crippen molar-refractivity contribution in [3.63, 3.8) is 0 Å². The van der Waals surface area contributed by atoms with Gasteiger partial charge in [-0.05, 0) is 36.8 Å². The quantitative estimate of drug-likeness (QED) is 0.843. The normalized spacial score (nSPS) is 15.4. The number of nitrogens with one attached hydrogen (secondary N) is 1. The van der Waals surface area contributed by atoms with Crippen LogP contribution in [0, 0.1) is 0 Å². The number of rotatable bonds is 3. The highest BCUT2D eigenvalue weighted by molar-refractivity contribution is 8.14. The molecule has 2 rings (SSSR count). The molecule has 1 aliphatic heterocycles. The second kappa shape index (κ2) is 6.20. The van der Waals surface area contributed by atoms with Crippen LogP contribution in [0.3, 0.4) is 0 Å². The molecule has 1 aromatic carbocycles. The van der Waals surface area contributed by atoms with Gasteiger partial charge in [0.1, 0.15) is 5.75 Å². The number of carbonyl (C=O) groups excluding carboxylic acids is 1. The second-order valence-corrected chi connectivity index (χ2v) is 4.42. The zero-order valence-corrected chi connectivity index (χ0v) is 10.7. The predicted octanol–water partition coefficient (Wildman–Crippen LogP) is 1.64. The molecule has 0 aliphatic carbocycles. The van der Waals surface area contributed by atoms with Gasteiger partial charge in [-0.2, -0.15) is 0 Å². The fraction of sp³-hybridized carbons (Fsp3) is 0.250. The van der Waals surface area contributed by atoms with Crippen LogP contribution in [0.5, 0.6) is 5.75 Å². The molecule has 0 fully saturated rings. The Morgan fingerprint density at radius 3 is 2.89 bits per heavy atom. The molecule has 0 bridgehead atoms. The third kappa shape index (κ3) is 3.59. The van der Waals surface area contributed by atoms with Gasteiger partial charge in [-0.25, -0.2) is 10.4 Å². The van der Waals surface area contributed by atoms with Gasteiger partial charge >= 0.3 is 0 Å². The maximum Gasteiger partial charge on any atom is 0.250 e. The van der Waals surface area contributed by atoms with Crippen molar-refractivity contribution in [2.24, 2.45) is 10.1 Å². The van der Waals surface area contributed by atoms with E-state index in [1.165, 1.54) is 11.8 Å². The highest BCUT2D eigenvalue weighted by Crippen LogP contribution is 2.12. The van der Waals surface area contributed by atoms with Gasteiger partial charge in [0.15, 0.2) is 0 Å². The first kappa shape index (κ1) is 12.6. The maximum atomic E-state index is 10.9. The monoisotopic (exact) mass is 263 g/mol. The molecule has 1 aliphatic rings. The lowest BCUT2D eigenvalue weighted by molar-refractivity contribution is -0.118. The number of hydrogen-bond donors (Lipinski definition) is 1. The SMILES string of the molecule is CCOc1ccc(C=NC2=NNC(=O)CS2)cc1. The predicted molar refractivity (Wildman–Crippen MR) is 73.2 cm³/mol. The van der Waals surface area contributed by atoms with Crippen LogP contribution in [0.1, 0.15) is 12.5 Å². The maximum absolute atomic E-state index is 10.9. The Labute approximate surface area is 109 Å². The van der Waals surface area contributed by atoms with Crippen molar-refractivity contribution in [2.75, 3.05) is 12.4 Å². The molecule has 1 aromatic rings. The van der Waals surface area contributed by atoms with E-state index in [1.54, 1.807) is 6.21 Å². The van der Waals surface area contributed by atoms with E-state index in [0.29, 0.717) is 17.5 Å². The molecule has 0 saturated heterocycles. The Hall–Kier alpha value is -1.82. The van der Waals surface area contributed by atoms with Crippen molar-refractivity contribution in [1.29, 1.82) is 0 Å². The van der Waals surface area contributed by atoms with Crippen molar-refractivity contribution >= 4 is 29.1 Å². The highest BCUT2D eigenvalue weighted by Gasteiger charge is 2.10. The lowest BCUT2D eigenvalue weighted by atomic mass is 10.2. The van der Waals surface area contributed by atoms with Crippen molar-refractivity contribution < 1.29 is 9.53 Å². The van der Waals surface area contributed by atoms with Gasteiger partial charge in [0.05, 0.1) is 12.4 Å². The first-order chi connectivity index (χ1) is 8.78. The van der Waals surface area contributed by atoms with Crippen LogP contribution < -0.4 is 10.2 Å². The van der Waals surface area contributed by atoms with Gasteiger partial charge in [-0.3, -0.25) is 4.79 Å². The van der Waals surface area contributed by atoms with Crippen LogP contribution in [-0.2, 0) is 4.79 Å². The van der Waals surface area contributed by atoms with Crippen LogP contribution in [0.25, 0.3) is 0 Å². The second-order valence-electron chi connectivity index (χ2n) is 3.48. The fourth-order valence-electron chi connectivity index (χ4n) is 1.32. The molecule has 0 unspecified atom stereocenters. The van der Waals surface area contributed by atoms with Gasteiger partial charge < -0.3 is 4.74 Å². The van der Waals surface area contributed by atoms with Crippen molar-refractivity contribution in [3.05, 3.63) is 29.8 Å². The molecular formula is C12H13N3O2S. The summed E-state index contributed by atoms with van der Waals surface area (Å²) in [5.74, 6) is 1.10. The van der Waals surface area contributed by atoms with Crippen molar-refractivity contribution in [2.45, 2.75) is 6.92 Å². The third-order valence-corrected chi connectivity index (χ3v) is 2.99. The Morgan fingerprint density at radius 2 is 2.28 bits per heavy atom. The van der Waals surface area contributed by atoms with E-state index in [0.717, 1.165) is 11.3 Å². The van der Waals surface area contributed by atoms with Crippen LogP contribution in [0.4, 0.5) is 0 Å². The molecule has 0 spiro atoms. The zero-order chi connectivity index (χ0) is 12.8. The van der Waals surface area contributed by atoms with E-state index in [9.17, 15) is 4.79 Å². The summed E-state index contributed by atoms with van der Waals surface area (Å²) in [4.78, 5) is 15.1. The summed E-state index contributed by atoms with van der Waals surface area (Å²) in [5, 5.41) is 4.39. The first-order valence-electron chi connectivity index (χ1n) is 5.54. The van der Waals surface area contributed by atoms with Gasteiger partial charge in [-0.15, -0.1) is 5.10 Å². The summed E-state index contributed by atoms with van der Waals surface area (Å²) in [6, 6.07) is 7.62. The summed E-state index contributed by atoms with van der Waals surface area (Å²) in [5.41, 5.74) is 3.35. The molecule has 0 radical (unpaired) electrons. The molecular weight excluding hydrogens is 250 g/mol. The van der Waals surface area contributed by atoms with Crippen LogP contribution in [0.15, 0.2) is 34.4 Å². The van der Waals surface area contributed by atoms with Gasteiger partial charge in [0.2, 0.25) is 5.17 Å². The molecule has 1 heterocycles. The summed E-state index contributed by atoms with van der Waals surface area (Å²) in [6.45, 7) is 2.60. The first-order valence-corrected chi connectivity index (χ1v) is 6.53. The number of hydrazone groups is 1. The van der Waals surface area contributed by atoms with Crippen molar-refractivity contribution in [3.8, 4) is 5.75 Å². The Bertz CT molecular complexity index is 483. The Morgan fingerprint density at radius 1 is 1.50 bits per heavy atom. The molecule has 0 aromatic heterocycles. The van der Waals surface area contributed by atoms with E-state index in [2.05, 4.69) is 15.5 Å². The number of aliphatic imine (C=N–C) groups is 1. The summed E-state index contributed by atoms with van der Waals surface area (Å²) >= 11 is 1.32. The minimum Gasteiger partial charge on any atom is -0.494 e. The van der Waals surface area contributed by atoms with Crippen LogP contribution in [-0.4, -0.2) is 29.6 Å². The lowest BCUT2D eigenvalue weighted by Crippen LogP contribution is -2.25. The van der Waals surface area contributed by atoms with E-state index in [4.69, 9.17) is 4.74 Å². The Balaban J connectivity index is 1.98. The standard InChI is InChI=1S/C12H13N3O2S/c1-2-17-10-5-3-9(4-6-10)7-13-12-15-14-11(16)8-18-12/h3-7H,2,8H2,1H3,(H,14,16). The largest absolute Gasteiger partial charge is 0.494 e. The Kier molecular flexibility index (Phi) is 4.35. The summed E-state index contributed by atoms with van der Waals surface area (Å²) in [6.07, 6.45) is 1.71. The number of benzene rings is 1. The van der Waals surface area contributed by atoms with E-state index in [-0.39, 0.29) is 5.91 Å². The summed E-state index contributed by atoms with van der Waals surface area (Å²) < 4.78 is 5.35. The number of amides is 1. The minimum absolute atomic E-state index is 0.0972. The van der Waals surface area contributed by atoms with E-state index < -0.39 is 0 Å². The van der Waals surface area contributed by atoms with Gasteiger partial charge in [0, 0.05) is 6.21 Å². The minimum atomic E-state index is -0.0972. The van der Waals surface area contributed by atoms with Gasteiger partial charge in [-0.1, -0.05) is 11.8 Å². The van der Waals surface area contributed by atoms with Gasteiger partial charge in [0.25, 0.3) is 5.91 Å². The average Bonchev–Trinajstić information content (AvgIpc) is 2.40. The number of thioether (sulfide) groups is 1. The topological polar surface area (TPSA) is 63.1 Å². The molecule has 6 heteroatoms. The fourth-order valence-corrected chi connectivity index (χ4v) is 1.88. The molecule has 1 amide bonds. The number of ether oxygens (including phenoxy) is 1. The molecule has 0 saturated carbocycles. The van der Waals surface area contributed by atoms with Crippen LogP contribution >= 0.6 is 11.8 Å². The third-order valence-electron chi connectivity index (χ3n) is 2.12. The van der Waals surface area contributed by atoms with Crippen molar-refractivity contribution in [1.82, 2.24) is 5.43 Å². The summed E-state index contributed by atoms with van der Waals surface area (Å²) in [7, 11) is 0. The van der Waals surface area contributed by atoms with E-state index in [1.807, 2.05) is 31.2 Å². The number of amidine groups is 1. The zero-order valence-electron chi connectivity index (χ0n) is 9.92. The molecule has 0 atom stereocenters. The number of nitrogens with zero attached hydrogens (tertiary/aromatic N) is 2. The lowest BCUT2D eigenvalue weighted by Gasteiger charge is -2.06. The average molecular weight is 263 g/mol.